The lowest BCUT2D eigenvalue weighted by Crippen LogP contribution is -1.99. The van der Waals surface area contributed by atoms with Crippen LogP contribution in [0.25, 0.3) is 5.52 Å². The summed E-state index contributed by atoms with van der Waals surface area (Å²) in [5.74, 6) is -0.158. The summed E-state index contributed by atoms with van der Waals surface area (Å²) in [4.78, 5) is 11.3. The van der Waals surface area contributed by atoms with Crippen LogP contribution in [-0.2, 0) is 6.42 Å². The van der Waals surface area contributed by atoms with E-state index in [1.807, 2.05) is 34.9 Å². The van der Waals surface area contributed by atoms with E-state index in [1.165, 1.54) is 0 Å². The average molecular weight is 241 g/mol. The van der Waals surface area contributed by atoms with Crippen molar-refractivity contribution in [3.8, 4) is 0 Å². The van der Waals surface area contributed by atoms with Gasteiger partial charge < -0.3 is 13.9 Å². The van der Waals surface area contributed by atoms with Gasteiger partial charge in [0.1, 0.15) is 5.76 Å². The van der Waals surface area contributed by atoms with Crippen molar-refractivity contribution in [1.82, 2.24) is 4.40 Å². The molecule has 0 bridgehead atoms. The molecule has 3 heterocycles. The van der Waals surface area contributed by atoms with Crippen molar-refractivity contribution < 1.29 is 14.3 Å². The Morgan fingerprint density at radius 2 is 2.17 bits per heavy atom. The summed E-state index contributed by atoms with van der Waals surface area (Å²) in [6.45, 7) is 0. The lowest BCUT2D eigenvalue weighted by molar-refractivity contribution is 0.0696. The topological polar surface area (TPSA) is 54.8 Å². The lowest BCUT2D eigenvalue weighted by atomic mass is 10.1. The number of aromatic nitrogens is 1. The Kier molecular flexibility index (Phi) is 2.41. The highest BCUT2D eigenvalue weighted by molar-refractivity contribution is 5.92. The van der Waals surface area contributed by atoms with Crippen molar-refractivity contribution in [2.75, 3.05) is 0 Å². The monoisotopic (exact) mass is 241 g/mol. The molecule has 0 radical (unpaired) electrons. The molecule has 4 nitrogen and oxygen atoms in total. The van der Waals surface area contributed by atoms with Gasteiger partial charge in [-0.25, -0.2) is 4.79 Å². The minimum atomic E-state index is -0.916. The molecule has 4 heteroatoms. The number of carboxylic acids is 1. The first-order valence-electron chi connectivity index (χ1n) is 5.60. The van der Waals surface area contributed by atoms with E-state index in [4.69, 9.17) is 4.42 Å². The van der Waals surface area contributed by atoms with Gasteiger partial charge in [-0.1, -0.05) is 6.07 Å². The Morgan fingerprint density at radius 1 is 1.28 bits per heavy atom. The third-order valence-corrected chi connectivity index (χ3v) is 2.95. The molecule has 0 aliphatic carbocycles. The second-order valence-corrected chi connectivity index (χ2v) is 4.08. The van der Waals surface area contributed by atoms with Gasteiger partial charge in [-0.15, -0.1) is 0 Å². The quantitative estimate of drug-likeness (QED) is 0.767. The molecule has 3 aromatic heterocycles. The number of furan rings is 1. The van der Waals surface area contributed by atoms with E-state index < -0.39 is 5.97 Å². The number of rotatable bonds is 3. The van der Waals surface area contributed by atoms with Crippen molar-refractivity contribution in [3.63, 3.8) is 0 Å². The van der Waals surface area contributed by atoms with Crippen LogP contribution in [0.5, 0.6) is 0 Å². The number of pyridine rings is 1. The Labute approximate surface area is 103 Å². The van der Waals surface area contributed by atoms with Gasteiger partial charge in [0.05, 0.1) is 11.8 Å². The summed E-state index contributed by atoms with van der Waals surface area (Å²) in [5, 5.41) is 9.25. The van der Waals surface area contributed by atoms with Gasteiger partial charge in [-0.3, -0.25) is 0 Å². The summed E-state index contributed by atoms with van der Waals surface area (Å²) in [6, 6.07) is 9.32. The van der Waals surface area contributed by atoms with E-state index >= 15 is 0 Å². The molecule has 0 aliphatic rings. The number of carboxylic acid groups (broad SMARTS) is 1. The molecule has 0 aromatic carbocycles. The third-order valence-electron chi connectivity index (χ3n) is 2.95. The van der Waals surface area contributed by atoms with Crippen molar-refractivity contribution in [3.05, 3.63) is 65.9 Å². The Balaban J connectivity index is 2.18. The van der Waals surface area contributed by atoms with E-state index in [2.05, 4.69) is 0 Å². The molecule has 0 spiro atoms. The van der Waals surface area contributed by atoms with Gasteiger partial charge in [-0.2, -0.15) is 0 Å². The second-order valence-electron chi connectivity index (χ2n) is 4.08. The SMILES string of the molecule is O=C(O)c1cn2ccccc2c1Cc1ccco1. The second kappa shape index (κ2) is 4.07. The molecule has 0 amide bonds. The Bertz CT molecular complexity index is 695. The van der Waals surface area contributed by atoms with Crippen LogP contribution in [0.4, 0.5) is 0 Å². The first kappa shape index (κ1) is 10.7. The van der Waals surface area contributed by atoms with Crippen LogP contribution in [-0.4, -0.2) is 15.5 Å². The summed E-state index contributed by atoms with van der Waals surface area (Å²) in [5.41, 5.74) is 1.99. The minimum Gasteiger partial charge on any atom is -0.478 e. The third kappa shape index (κ3) is 1.68. The predicted octanol–water partition coefficient (Wildman–Crippen LogP) is 2.82. The number of hydrogen-bond acceptors (Lipinski definition) is 2. The molecule has 0 saturated heterocycles. The van der Waals surface area contributed by atoms with Crippen molar-refractivity contribution >= 4 is 11.5 Å². The van der Waals surface area contributed by atoms with Crippen molar-refractivity contribution in [2.45, 2.75) is 6.42 Å². The zero-order chi connectivity index (χ0) is 12.5. The lowest BCUT2D eigenvalue weighted by Gasteiger charge is -1.99. The highest BCUT2D eigenvalue weighted by Gasteiger charge is 2.17. The molecular weight excluding hydrogens is 230 g/mol. The number of nitrogens with zero attached hydrogens (tertiary/aromatic N) is 1. The highest BCUT2D eigenvalue weighted by atomic mass is 16.4. The predicted molar refractivity (Wildman–Crippen MR) is 65.9 cm³/mol. The van der Waals surface area contributed by atoms with Gasteiger partial charge in [0, 0.05) is 24.3 Å². The fourth-order valence-electron chi connectivity index (χ4n) is 2.14. The maximum Gasteiger partial charge on any atom is 0.337 e. The summed E-state index contributed by atoms with van der Waals surface area (Å²) in [7, 11) is 0. The zero-order valence-electron chi connectivity index (χ0n) is 9.54. The standard InChI is InChI=1S/C14H11NO3/c16-14(17)12-9-15-6-2-1-5-13(15)11(12)8-10-4-3-7-18-10/h1-7,9H,8H2,(H,16,17). The molecule has 0 aliphatic heterocycles. The van der Waals surface area contributed by atoms with Crippen LogP contribution in [0.15, 0.2) is 53.4 Å². The van der Waals surface area contributed by atoms with Crippen LogP contribution in [0, 0.1) is 0 Å². The summed E-state index contributed by atoms with van der Waals surface area (Å²) >= 11 is 0. The van der Waals surface area contributed by atoms with Crippen molar-refractivity contribution in [2.24, 2.45) is 0 Å². The summed E-state index contributed by atoms with van der Waals surface area (Å²) in [6.07, 6.45) is 5.55. The molecule has 0 fully saturated rings. The van der Waals surface area contributed by atoms with E-state index in [0.717, 1.165) is 16.8 Å². The molecular formula is C14H11NO3. The van der Waals surface area contributed by atoms with Gasteiger partial charge in [-0.05, 0) is 29.8 Å². The number of fused-ring (bicyclic) bond motifs is 1. The molecule has 90 valence electrons. The van der Waals surface area contributed by atoms with Crippen molar-refractivity contribution in [1.29, 1.82) is 0 Å². The molecule has 1 N–H and O–H groups in total. The van der Waals surface area contributed by atoms with E-state index in [1.54, 1.807) is 18.5 Å². The van der Waals surface area contributed by atoms with Gasteiger partial charge in [0.25, 0.3) is 0 Å². The Morgan fingerprint density at radius 3 is 2.89 bits per heavy atom. The summed E-state index contributed by atoms with van der Waals surface area (Å²) < 4.78 is 7.11. The zero-order valence-corrected chi connectivity index (χ0v) is 9.54. The van der Waals surface area contributed by atoms with Gasteiger partial charge >= 0.3 is 5.97 Å². The fourth-order valence-corrected chi connectivity index (χ4v) is 2.14. The number of aromatic carboxylic acids is 1. The van der Waals surface area contributed by atoms with Crippen LogP contribution in [0.3, 0.4) is 0 Å². The number of hydrogen-bond donors (Lipinski definition) is 1. The molecule has 3 aromatic rings. The van der Waals surface area contributed by atoms with Crippen LogP contribution in [0.1, 0.15) is 21.7 Å². The Hall–Kier alpha value is -2.49. The molecule has 18 heavy (non-hydrogen) atoms. The normalized spacial score (nSPS) is 10.9. The maximum absolute atomic E-state index is 11.3. The van der Waals surface area contributed by atoms with E-state index in [-0.39, 0.29) is 0 Å². The van der Waals surface area contributed by atoms with Crippen LogP contribution >= 0.6 is 0 Å². The average Bonchev–Trinajstić information content (AvgIpc) is 2.98. The highest BCUT2D eigenvalue weighted by Crippen LogP contribution is 2.22. The fraction of sp³-hybridized carbons (Fsp3) is 0.0714. The number of carbonyl (C=O) groups is 1. The maximum atomic E-state index is 11.3. The van der Waals surface area contributed by atoms with Gasteiger partial charge in [0.15, 0.2) is 0 Å². The largest absolute Gasteiger partial charge is 0.478 e. The van der Waals surface area contributed by atoms with E-state index in [9.17, 15) is 9.90 Å². The smallest absolute Gasteiger partial charge is 0.337 e. The van der Waals surface area contributed by atoms with Crippen LogP contribution in [0.2, 0.25) is 0 Å². The van der Waals surface area contributed by atoms with Crippen LogP contribution < -0.4 is 0 Å². The first-order chi connectivity index (χ1) is 8.75. The van der Waals surface area contributed by atoms with E-state index in [0.29, 0.717) is 12.0 Å². The molecule has 0 atom stereocenters. The first-order valence-corrected chi connectivity index (χ1v) is 5.60. The molecule has 0 unspecified atom stereocenters. The minimum absolute atomic E-state index is 0.317. The molecule has 0 saturated carbocycles. The molecule has 3 rings (SSSR count). The van der Waals surface area contributed by atoms with Gasteiger partial charge in [0.2, 0.25) is 0 Å².